The molecule has 0 aliphatic heterocycles. The van der Waals surface area contributed by atoms with Crippen LogP contribution in [0.25, 0.3) is 0 Å². The largest absolute Gasteiger partial charge is 0.491 e. The second-order valence-corrected chi connectivity index (χ2v) is 5.27. The molecule has 1 rings (SSSR count). The number of benzene rings is 1. The zero-order valence-electron chi connectivity index (χ0n) is 12.4. The van der Waals surface area contributed by atoms with E-state index in [2.05, 4.69) is 58.1 Å². The topological polar surface area (TPSA) is 21.3 Å². The minimum absolute atomic E-state index is 0.242. The van der Waals surface area contributed by atoms with Crippen molar-refractivity contribution in [3.8, 4) is 5.75 Å². The van der Waals surface area contributed by atoms with E-state index >= 15 is 0 Å². The maximum Gasteiger partial charge on any atom is 0.119 e. The molecular weight excluding hydrogens is 222 g/mol. The fourth-order valence-corrected chi connectivity index (χ4v) is 2.04. The van der Waals surface area contributed by atoms with Crippen molar-refractivity contribution in [3.05, 3.63) is 29.3 Å². The summed E-state index contributed by atoms with van der Waals surface area (Å²) in [6.45, 7) is 11.9. The van der Waals surface area contributed by atoms with Crippen LogP contribution in [0, 0.1) is 13.8 Å². The second-order valence-electron chi connectivity index (χ2n) is 5.27. The highest BCUT2D eigenvalue weighted by atomic mass is 16.5. The number of hydrogen-bond acceptors (Lipinski definition) is 2. The molecule has 0 aliphatic carbocycles. The van der Waals surface area contributed by atoms with E-state index in [9.17, 15) is 0 Å². The number of nitrogens with one attached hydrogen (secondary N) is 1. The van der Waals surface area contributed by atoms with Gasteiger partial charge >= 0.3 is 0 Å². The minimum atomic E-state index is 0.242. The first-order valence-corrected chi connectivity index (χ1v) is 7.00. The fourth-order valence-electron chi connectivity index (χ4n) is 2.04. The van der Waals surface area contributed by atoms with Crippen molar-refractivity contribution in [1.29, 1.82) is 0 Å². The Balaban J connectivity index is 2.43. The van der Waals surface area contributed by atoms with Gasteiger partial charge in [-0.3, -0.25) is 0 Å². The van der Waals surface area contributed by atoms with Gasteiger partial charge in [0.05, 0.1) is 6.10 Å². The predicted molar refractivity (Wildman–Crippen MR) is 78.4 cm³/mol. The highest BCUT2D eigenvalue weighted by Gasteiger charge is 2.09. The van der Waals surface area contributed by atoms with Crippen molar-refractivity contribution in [1.82, 2.24) is 5.32 Å². The maximum atomic E-state index is 5.96. The third-order valence-electron chi connectivity index (χ3n) is 3.24. The Morgan fingerprint density at radius 1 is 1.17 bits per heavy atom. The molecule has 0 fully saturated rings. The van der Waals surface area contributed by atoms with E-state index in [0.717, 1.165) is 18.7 Å². The Labute approximate surface area is 112 Å². The molecule has 0 heterocycles. The van der Waals surface area contributed by atoms with Crippen molar-refractivity contribution >= 4 is 0 Å². The molecule has 1 N–H and O–H groups in total. The highest BCUT2D eigenvalue weighted by Crippen LogP contribution is 2.18. The van der Waals surface area contributed by atoms with Crippen LogP contribution in [-0.2, 0) is 0 Å². The lowest BCUT2D eigenvalue weighted by Crippen LogP contribution is -2.31. The third kappa shape index (κ3) is 5.09. The lowest BCUT2D eigenvalue weighted by molar-refractivity contribution is 0.196. The Kier molecular flexibility index (Phi) is 6.20. The second kappa shape index (κ2) is 7.42. The summed E-state index contributed by atoms with van der Waals surface area (Å²) in [6, 6.07) is 6.81. The van der Waals surface area contributed by atoms with Gasteiger partial charge in [0, 0.05) is 6.04 Å². The summed E-state index contributed by atoms with van der Waals surface area (Å²) in [5.74, 6) is 0.980. The van der Waals surface area contributed by atoms with E-state index in [1.54, 1.807) is 0 Å². The van der Waals surface area contributed by atoms with E-state index in [-0.39, 0.29) is 6.10 Å². The normalized spacial score (nSPS) is 14.3. The van der Waals surface area contributed by atoms with Crippen molar-refractivity contribution in [2.24, 2.45) is 0 Å². The molecule has 2 nitrogen and oxygen atoms in total. The molecule has 0 amide bonds. The molecule has 0 aromatic heterocycles. The lowest BCUT2D eigenvalue weighted by atomic mass is 10.1. The SMILES string of the molecule is CCCNC(C)CC(C)Oc1ccc(C)c(C)c1. The Hall–Kier alpha value is -1.02. The van der Waals surface area contributed by atoms with Gasteiger partial charge in [-0.2, -0.15) is 0 Å². The Morgan fingerprint density at radius 2 is 1.89 bits per heavy atom. The van der Waals surface area contributed by atoms with Crippen molar-refractivity contribution in [3.63, 3.8) is 0 Å². The van der Waals surface area contributed by atoms with E-state index in [1.165, 1.54) is 17.5 Å². The van der Waals surface area contributed by atoms with Crippen LogP contribution in [0.4, 0.5) is 0 Å². The average Bonchev–Trinajstić information content (AvgIpc) is 2.31. The van der Waals surface area contributed by atoms with Crippen LogP contribution in [0.1, 0.15) is 44.7 Å². The van der Waals surface area contributed by atoms with Crippen molar-refractivity contribution < 1.29 is 4.74 Å². The first-order valence-electron chi connectivity index (χ1n) is 7.00. The zero-order valence-corrected chi connectivity index (χ0v) is 12.4. The molecule has 0 saturated heterocycles. The molecule has 102 valence electrons. The fraction of sp³-hybridized carbons (Fsp3) is 0.625. The summed E-state index contributed by atoms with van der Waals surface area (Å²) in [7, 11) is 0. The van der Waals surface area contributed by atoms with Crippen LogP contribution < -0.4 is 10.1 Å². The molecule has 0 aliphatic rings. The van der Waals surface area contributed by atoms with Crippen LogP contribution in [-0.4, -0.2) is 18.7 Å². The summed E-state index contributed by atoms with van der Waals surface area (Å²) < 4.78 is 5.96. The lowest BCUT2D eigenvalue weighted by Gasteiger charge is -2.20. The summed E-state index contributed by atoms with van der Waals surface area (Å²) in [5, 5.41) is 3.49. The van der Waals surface area contributed by atoms with Crippen LogP contribution >= 0.6 is 0 Å². The van der Waals surface area contributed by atoms with Gasteiger partial charge in [0.25, 0.3) is 0 Å². The first kappa shape index (κ1) is 15.0. The van der Waals surface area contributed by atoms with Crippen LogP contribution in [0.2, 0.25) is 0 Å². The highest BCUT2D eigenvalue weighted by molar-refractivity contribution is 5.33. The molecule has 18 heavy (non-hydrogen) atoms. The van der Waals surface area contributed by atoms with Gasteiger partial charge in [0.15, 0.2) is 0 Å². The number of ether oxygens (including phenoxy) is 1. The van der Waals surface area contributed by atoms with E-state index in [1.807, 2.05) is 0 Å². The predicted octanol–water partition coefficient (Wildman–Crippen LogP) is 3.85. The van der Waals surface area contributed by atoms with Crippen molar-refractivity contribution in [2.75, 3.05) is 6.54 Å². The summed E-state index contributed by atoms with van der Waals surface area (Å²) >= 11 is 0. The first-order chi connectivity index (χ1) is 8.52. The molecule has 2 atom stereocenters. The smallest absolute Gasteiger partial charge is 0.119 e. The minimum Gasteiger partial charge on any atom is -0.491 e. The molecule has 2 heteroatoms. The van der Waals surface area contributed by atoms with Gasteiger partial charge in [-0.25, -0.2) is 0 Å². The molecule has 1 aromatic carbocycles. The van der Waals surface area contributed by atoms with E-state index in [0.29, 0.717) is 6.04 Å². The summed E-state index contributed by atoms with van der Waals surface area (Å²) in [5.41, 5.74) is 2.60. The van der Waals surface area contributed by atoms with Crippen LogP contribution in [0.5, 0.6) is 5.75 Å². The Morgan fingerprint density at radius 3 is 2.50 bits per heavy atom. The van der Waals surface area contributed by atoms with Gasteiger partial charge in [-0.1, -0.05) is 13.0 Å². The molecule has 0 radical (unpaired) electrons. The van der Waals surface area contributed by atoms with E-state index < -0.39 is 0 Å². The van der Waals surface area contributed by atoms with Gasteiger partial charge in [-0.05, 0) is 70.3 Å². The monoisotopic (exact) mass is 249 g/mol. The Bertz CT molecular complexity index is 362. The summed E-state index contributed by atoms with van der Waals surface area (Å²) in [6.07, 6.45) is 2.45. The summed E-state index contributed by atoms with van der Waals surface area (Å²) in [4.78, 5) is 0. The molecule has 0 bridgehead atoms. The van der Waals surface area contributed by atoms with Crippen LogP contribution in [0.3, 0.4) is 0 Å². The van der Waals surface area contributed by atoms with Gasteiger partial charge in [0.2, 0.25) is 0 Å². The standard InChI is InChI=1S/C16H27NO/c1-6-9-17-14(4)11-15(5)18-16-8-7-12(2)13(3)10-16/h7-8,10,14-15,17H,6,9,11H2,1-5H3. The maximum absolute atomic E-state index is 5.96. The van der Waals surface area contributed by atoms with Crippen molar-refractivity contribution in [2.45, 2.75) is 59.6 Å². The van der Waals surface area contributed by atoms with E-state index in [4.69, 9.17) is 4.74 Å². The number of aryl methyl sites for hydroxylation is 2. The van der Waals surface area contributed by atoms with Crippen LogP contribution in [0.15, 0.2) is 18.2 Å². The average molecular weight is 249 g/mol. The molecule has 0 spiro atoms. The molecule has 0 saturated carbocycles. The molecular formula is C16H27NO. The molecule has 1 aromatic rings. The van der Waals surface area contributed by atoms with Gasteiger partial charge < -0.3 is 10.1 Å². The third-order valence-corrected chi connectivity index (χ3v) is 3.24. The van der Waals surface area contributed by atoms with Gasteiger partial charge in [0.1, 0.15) is 5.75 Å². The number of rotatable bonds is 7. The number of hydrogen-bond donors (Lipinski definition) is 1. The van der Waals surface area contributed by atoms with Gasteiger partial charge in [-0.15, -0.1) is 0 Å². The quantitative estimate of drug-likeness (QED) is 0.792. The zero-order chi connectivity index (χ0) is 13.5. The molecule has 2 unspecified atom stereocenters.